The molecule has 0 aromatic carbocycles. The van der Waals surface area contributed by atoms with E-state index in [9.17, 15) is 0 Å². The molecular weight excluding hydrogens is 192 g/mol. The van der Waals surface area contributed by atoms with Gasteiger partial charge in [0.05, 0.1) is 6.04 Å². The molecular formula is C10H18N4O. The van der Waals surface area contributed by atoms with E-state index in [1.807, 2.05) is 0 Å². The zero-order valence-electron chi connectivity index (χ0n) is 9.09. The Morgan fingerprint density at radius 2 is 2.47 bits per heavy atom. The first-order valence-electron chi connectivity index (χ1n) is 5.47. The summed E-state index contributed by atoms with van der Waals surface area (Å²) in [4.78, 5) is 0. The molecule has 5 nitrogen and oxygen atoms in total. The van der Waals surface area contributed by atoms with Crippen LogP contribution in [0.15, 0.2) is 6.33 Å². The van der Waals surface area contributed by atoms with E-state index in [1.165, 1.54) is 12.8 Å². The Morgan fingerprint density at radius 3 is 3.13 bits per heavy atom. The summed E-state index contributed by atoms with van der Waals surface area (Å²) >= 11 is 0. The second kappa shape index (κ2) is 4.72. The molecule has 84 valence electrons. The normalized spacial score (nSPS) is 18.0. The molecule has 0 aliphatic heterocycles. The highest BCUT2D eigenvalue weighted by Gasteiger charge is 2.27. The molecule has 0 radical (unpaired) electrons. The number of hydrogen-bond donors (Lipinski definition) is 1. The Hall–Kier alpha value is -0.940. The van der Waals surface area contributed by atoms with E-state index in [4.69, 9.17) is 10.5 Å². The lowest BCUT2D eigenvalue weighted by Gasteiger charge is -2.11. The van der Waals surface area contributed by atoms with Crippen LogP contribution >= 0.6 is 0 Å². The molecule has 1 aromatic heterocycles. The standard InChI is InChI=1S/C10H18N4O/c1-15-6-2-3-9(11)10-13-12-7-14(10)8-4-5-8/h7-9H,2-6,11H2,1H3. The van der Waals surface area contributed by atoms with Gasteiger partial charge >= 0.3 is 0 Å². The average Bonchev–Trinajstić information content (AvgIpc) is 2.96. The molecule has 1 aliphatic rings. The van der Waals surface area contributed by atoms with E-state index in [2.05, 4.69) is 14.8 Å². The molecule has 1 atom stereocenters. The highest BCUT2D eigenvalue weighted by Crippen LogP contribution is 2.36. The third kappa shape index (κ3) is 2.54. The summed E-state index contributed by atoms with van der Waals surface area (Å²) in [5.74, 6) is 0.925. The van der Waals surface area contributed by atoms with Crippen molar-refractivity contribution in [3.63, 3.8) is 0 Å². The molecule has 1 heterocycles. The molecule has 0 saturated heterocycles. The van der Waals surface area contributed by atoms with Crippen molar-refractivity contribution in [1.82, 2.24) is 14.8 Å². The molecule has 1 aliphatic carbocycles. The van der Waals surface area contributed by atoms with Gasteiger partial charge in [-0.2, -0.15) is 0 Å². The Bertz CT molecular complexity index is 308. The van der Waals surface area contributed by atoms with Gasteiger partial charge in [0.25, 0.3) is 0 Å². The molecule has 1 fully saturated rings. The van der Waals surface area contributed by atoms with Crippen LogP contribution in [0.5, 0.6) is 0 Å². The van der Waals surface area contributed by atoms with Gasteiger partial charge in [-0.15, -0.1) is 10.2 Å². The van der Waals surface area contributed by atoms with Gasteiger partial charge < -0.3 is 15.0 Å². The number of nitrogens with zero attached hydrogens (tertiary/aromatic N) is 3. The van der Waals surface area contributed by atoms with Gasteiger partial charge in [-0.25, -0.2) is 0 Å². The maximum absolute atomic E-state index is 6.07. The maximum atomic E-state index is 6.07. The van der Waals surface area contributed by atoms with Crippen LogP contribution in [-0.4, -0.2) is 28.5 Å². The van der Waals surface area contributed by atoms with Crippen LogP contribution in [0.2, 0.25) is 0 Å². The smallest absolute Gasteiger partial charge is 0.150 e. The molecule has 1 saturated carbocycles. The van der Waals surface area contributed by atoms with Crippen LogP contribution in [0.25, 0.3) is 0 Å². The lowest BCUT2D eigenvalue weighted by atomic mass is 10.1. The van der Waals surface area contributed by atoms with Crippen molar-refractivity contribution in [3.8, 4) is 0 Å². The highest BCUT2D eigenvalue weighted by atomic mass is 16.5. The van der Waals surface area contributed by atoms with Crippen LogP contribution < -0.4 is 5.73 Å². The second-order valence-corrected chi connectivity index (χ2v) is 4.07. The Labute approximate surface area is 89.6 Å². The summed E-state index contributed by atoms with van der Waals surface area (Å²) in [6.45, 7) is 0.755. The number of hydrogen-bond acceptors (Lipinski definition) is 4. The average molecular weight is 210 g/mol. The minimum absolute atomic E-state index is 0.0109. The topological polar surface area (TPSA) is 66.0 Å². The summed E-state index contributed by atoms with van der Waals surface area (Å²) in [6.07, 6.45) is 6.13. The second-order valence-electron chi connectivity index (χ2n) is 4.07. The van der Waals surface area contributed by atoms with Crippen molar-refractivity contribution in [2.24, 2.45) is 5.73 Å². The molecule has 1 unspecified atom stereocenters. The number of methoxy groups -OCH3 is 1. The SMILES string of the molecule is COCCCC(N)c1nncn1C1CC1. The monoisotopic (exact) mass is 210 g/mol. The van der Waals surface area contributed by atoms with Crippen molar-refractivity contribution in [2.45, 2.75) is 37.8 Å². The largest absolute Gasteiger partial charge is 0.385 e. The lowest BCUT2D eigenvalue weighted by molar-refractivity contribution is 0.190. The van der Waals surface area contributed by atoms with Crippen molar-refractivity contribution >= 4 is 0 Å². The zero-order valence-corrected chi connectivity index (χ0v) is 9.09. The lowest BCUT2D eigenvalue weighted by Crippen LogP contribution is -2.16. The first-order valence-corrected chi connectivity index (χ1v) is 5.47. The highest BCUT2D eigenvalue weighted by molar-refractivity contribution is 4.99. The van der Waals surface area contributed by atoms with Gasteiger partial charge in [0.1, 0.15) is 12.2 Å². The molecule has 2 rings (SSSR count). The van der Waals surface area contributed by atoms with Gasteiger partial charge in [0.15, 0.2) is 0 Å². The third-order valence-corrected chi connectivity index (χ3v) is 2.74. The predicted octanol–water partition coefficient (Wildman–Crippen LogP) is 1.04. The Kier molecular flexibility index (Phi) is 3.33. The van der Waals surface area contributed by atoms with Gasteiger partial charge in [-0.3, -0.25) is 0 Å². The van der Waals surface area contributed by atoms with Crippen LogP contribution in [0.1, 0.15) is 43.6 Å². The number of aromatic nitrogens is 3. The van der Waals surface area contributed by atoms with E-state index in [0.717, 1.165) is 25.3 Å². The molecule has 1 aromatic rings. The Balaban J connectivity index is 1.92. The summed E-state index contributed by atoms with van der Waals surface area (Å²) in [5, 5.41) is 8.04. The number of ether oxygens (including phenoxy) is 1. The number of nitrogens with two attached hydrogens (primary N) is 1. The maximum Gasteiger partial charge on any atom is 0.150 e. The Morgan fingerprint density at radius 1 is 1.67 bits per heavy atom. The third-order valence-electron chi connectivity index (χ3n) is 2.74. The predicted molar refractivity (Wildman–Crippen MR) is 56.3 cm³/mol. The summed E-state index contributed by atoms with van der Waals surface area (Å²) in [7, 11) is 1.71. The van der Waals surface area contributed by atoms with E-state index in [-0.39, 0.29) is 6.04 Å². The quantitative estimate of drug-likeness (QED) is 0.712. The van der Waals surface area contributed by atoms with Gasteiger partial charge in [0, 0.05) is 19.8 Å². The van der Waals surface area contributed by atoms with E-state index in [1.54, 1.807) is 13.4 Å². The van der Waals surface area contributed by atoms with Crippen LogP contribution in [0.4, 0.5) is 0 Å². The minimum atomic E-state index is -0.0109. The van der Waals surface area contributed by atoms with Crippen molar-refractivity contribution in [2.75, 3.05) is 13.7 Å². The first kappa shape index (κ1) is 10.6. The first-order chi connectivity index (χ1) is 7.33. The van der Waals surface area contributed by atoms with Crippen LogP contribution in [0, 0.1) is 0 Å². The minimum Gasteiger partial charge on any atom is -0.385 e. The molecule has 0 bridgehead atoms. The number of rotatable bonds is 6. The summed E-state index contributed by atoms with van der Waals surface area (Å²) < 4.78 is 7.12. The van der Waals surface area contributed by atoms with E-state index in [0.29, 0.717) is 6.04 Å². The van der Waals surface area contributed by atoms with Crippen LogP contribution in [-0.2, 0) is 4.74 Å². The summed E-state index contributed by atoms with van der Waals surface area (Å²) in [6, 6.07) is 0.590. The van der Waals surface area contributed by atoms with Gasteiger partial charge in [-0.05, 0) is 25.7 Å². The fraction of sp³-hybridized carbons (Fsp3) is 0.800. The van der Waals surface area contributed by atoms with Gasteiger partial charge in [-0.1, -0.05) is 0 Å². The molecule has 5 heteroatoms. The van der Waals surface area contributed by atoms with E-state index < -0.39 is 0 Å². The fourth-order valence-electron chi connectivity index (χ4n) is 1.73. The van der Waals surface area contributed by atoms with Crippen molar-refractivity contribution in [3.05, 3.63) is 12.2 Å². The van der Waals surface area contributed by atoms with Crippen LogP contribution in [0.3, 0.4) is 0 Å². The van der Waals surface area contributed by atoms with Crippen molar-refractivity contribution < 1.29 is 4.74 Å². The zero-order chi connectivity index (χ0) is 10.7. The fourth-order valence-corrected chi connectivity index (χ4v) is 1.73. The molecule has 0 amide bonds. The van der Waals surface area contributed by atoms with Crippen molar-refractivity contribution in [1.29, 1.82) is 0 Å². The molecule has 2 N–H and O–H groups in total. The van der Waals surface area contributed by atoms with Gasteiger partial charge in [0.2, 0.25) is 0 Å². The van der Waals surface area contributed by atoms with E-state index >= 15 is 0 Å². The molecule has 15 heavy (non-hydrogen) atoms. The molecule has 0 spiro atoms. The summed E-state index contributed by atoms with van der Waals surface area (Å²) in [5.41, 5.74) is 6.07.